The molecule has 0 atom stereocenters. The van der Waals surface area contributed by atoms with Crippen LogP contribution in [0.25, 0.3) is 22.7 Å². The fourth-order valence-corrected chi connectivity index (χ4v) is 2.69. The Labute approximate surface area is 158 Å². The highest BCUT2D eigenvalue weighted by Crippen LogP contribution is 2.35. The van der Waals surface area contributed by atoms with E-state index in [0.717, 1.165) is 0 Å². The molecule has 0 aliphatic rings. The second-order valence-corrected chi connectivity index (χ2v) is 5.89. The molecule has 0 aliphatic heterocycles. The smallest absolute Gasteiger partial charge is 0.266 e. The Hall–Kier alpha value is -4.01. The minimum absolute atomic E-state index is 0.236. The van der Waals surface area contributed by atoms with Crippen LogP contribution >= 0.6 is 0 Å². The monoisotopic (exact) mass is 377 g/mol. The zero-order valence-corrected chi connectivity index (χ0v) is 15.0. The van der Waals surface area contributed by atoms with Crippen molar-refractivity contribution in [3.63, 3.8) is 0 Å². The Morgan fingerprint density at radius 2 is 2.07 bits per heavy atom. The third kappa shape index (κ3) is 3.09. The van der Waals surface area contributed by atoms with Crippen LogP contribution in [-0.2, 0) is 7.05 Å². The maximum absolute atomic E-state index is 12.4. The number of fused-ring (bicyclic) bond motifs is 1. The molecule has 1 amide bonds. The lowest BCUT2D eigenvalue weighted by Crippen LogP contribution is -2.18. The fourth-order valence-electron chi connectivity index (χ4n) is 2.69. The maximum atomic E-state index is 12.4. The number of aromatic nitrogens is 4. The number of ether oxygens (including phenoxy) is 1. The summed E-state index contributed by atoms with van der Waals surface area (Å²) in [6.45, 7) is 0. The van der Waals surface area contributed by atoms with E-state index >= 15 is 0 Å². The van der Waals surface area contributed by atoms with E-state index in [1.54, 1.807) is 37.5 Å². The number of nitrogens with zero attached hydrogens (tertiary/aromatic N) is 4. The number of carbonyl (C=O) groups is 1. The average Bonchev–Trinajstić information content (AvgIpc) is 3.15. The molecule has 9 nitrogen and oxygen atoms in total. The van der Waals surface area contributed by atoms with E-state index < -0.39 is 0 Å². The van der Waals surface area contributed by atoms with Gasteiger partial charge in [0, 0.05) is 25.5 Å². The first-order valence-corrected chi connectivity index (χ1v) is 8.30. The molecular formula is C19H15N5O4. The van der Waals surface area contributed by atoms with Crippen LogP contribution in [0, 0.1) is 0 Å². The normalized spacial score (nSPS) is 10.8. The number of pyridine rings is 1. The summed E-state index contributed by atoms with van der Waals surface area (Å²) >= 11 is 0. The summed E-state index contributed by atoms with van der Waals surface area (Å²) < 4.78 is 12.4. The molecule has 0 saturated heterocycles. The molecule has 0 aliphatic carbocycles. The van der Waals surface area contributed by atoms with Crippen molar-refractivity contribution in [1.29, 1.82) is 0 Å². The summed E-state index contributed by atoms with van der Waals surface area (Å²) in [5.41, 5.74) is 1.91. The van der Waals surface area contributed by atoms with Crippen LogP contribution in [0.4, 0.5) is 5.69 Å². The Morgan fingerprint density at radius 3 is 2.79 bits per heavy atom. The molecule has 0 unspecified atom stereocenters. The number of hydrogen-bond acceptors (Lipinski definition) is 7. The first kappa shape index (κ1) is 17.4. The number of amides is 1. The molecule has 4 rings (SSSR count). The highest BCUT2D eigenvalue weighted by atomic mass is 16.5. The number of aryl methyl sites for hydroxylation is 1. The molecule has 3 aromatic heterocycles. The molecule has 1 aromatic carbocycles. The van der Waals surface area contributed by atoms with Crippen LogP contribution in [0.3, 0.4) is 0 Å². The molecule has 28 heavy (non-hydrogen) atoms. The van der Waals surface area contributed by atoms with Gasteiger partial charge in [0.05, 0.1) is 18.4 Å². The van der Waals surface area contributed by atoms with E-state index in [-0.39, 0.29) is 17.4 Å². The minimum Gasteiger partial charge on any atom is -0.492 e. The number of hydrogen-bond donors (Lipinski definition) is 1. The molecule has 0 saturated carbocycles. The van der Waals surface area contributed by atoms with Crippen LogP contribution in [0.15, 0.2) is 58.0 Å². The quantitative estimate of drug-likeness (QED) is 0.580. The molecule has 140 valence electrons. The summed E-state index contributed by atoms with van der Waals surface area (Å²) in [4.78, 5) is 32.3. The van der Waals surface area contributed by atoms with Crippen molar-refractivity contribution in [3.05, 3.63) is 64.7 Å². The fraction of sp³-hybridized carbons (Fsp3) is 0.105. The van der Waals surface area contributed by atoms with Crippen molar-refractivity contribution in [1.82, 2.24) is 19.7 Å². The second-order valence-electron chi connectivity index (χ2n) is 5.89. The van der Waals surface area contributed by atoms with Crippen molar-refractivity contribution in [3.8, 4) is 17.3 Å². The molecule has 3 heterocycles. The highest BCUT2D eigenvalue weighted by molar-refractivity contribution is 6.06. The summed E-state index contributed by atoms with van der Waals surface area (Å²) in [7, 11) is 3.02. The summed E-state index contributed by atoms with van der Waals surface area (Å²) in [5.74, 6) is 0.267. The van der Waals surface area contributed by atoms with Gasteiger partial charge in [0.2, 0.25) is 5.89 Å². The molecule has 0 bridgehead atoms. The van der Waals surface area contributed by atoms with Gasteiger partial charge in [0.25, 0.3) is 11.5 Å². The Kier molecular flexibility index (Phi) is 4.32. The topological polar surface area (TPSA) is 112 Å². The molecule has 1 N–H and O–H groups in total. The number of nitrogens with one attached hydrogen (secondary N) is 1. The van der Waals surface area contributed by atoms with Crippen molar-refractivity contribution in [2.24, 2.45) is 7.05 Å². The van der Waals surface area contributed by atoms with Gasteiger partial charge in [-0.1, -0.05) is 0 Å². The van der Waals surface area contributed by atoms with Crippen LogP contribution in [-0.4, -0.2) is 32.8 Å². The number of methoxy groups -OCH3 is 1. The number of anilines is 1. The molecular weight excluding hydrogens is 362 g/mol. The van der Waals surface area contributed by atoms with Gasteiger partial charge in [-0.3, -0.25) is 14.6 Å². The Bertz CT molecular complexity index is 1230. The minimum atomic E-state index is -0.325. The van der Waals surface area contributed by atoms with E-state index in [1.165, 1.54) is 30.1 Å². The van der Waals surface area contributed by atoms with Gasteiger partial charge in [-0.05, 0) is 30.3 Å². The van der Waals surface area contributed by atoms with Gasteiger partial charge in [0.15, 0.2) is 16.8 Å². The van der Waals surface area contributed by atoms with E-state index in [1.807, 2.05) is 0 Å². The first-order valence-electron chi connectivity index (χ1n) is 8.30. The van der Waals surface area contributed by atoms with Gasteiger partial charge in [-0.25, -0.2) is 9.67 Å². The average molecular weight is 377 g/mol. The predicted octanol–water partition coefficient (Wildman–Crippen LogP) is 2.24. The molecule has 0 spiro atoms. The summed E-state index contributed by atoms with van der Waals surface area (Å²) in [5, 5.41) is 6.92. The number of benzene rings is 1. The Balaban J connectivity index is 1.74. The predicted molar refractivity (Wildman–Crippen MR) is 101 cm³/mol. The van der Waals surface area contributed by atoms with Crippen molar-refractivity contribution >= 4 is 22.7 Å². The first-order chi connectivity index (χ1) is 13.6. The van der Waals surface area contributed by atoms with Crippen LogP contribution in [0.1, 0.15) is 10.4 Å². The van der Waals surface area contributed by atoms with Crippen LogP contribution in [0.2, 0.25) is 0 Å². The van der Waals surface area contributed by atoms with Crippen LogP contribution < -0.4 is 15.6 Å². The standard InChI is InChI=1S/C19H15N5O4/c1-24-15(25)8-6-13(23-24)19-22-16-14(28-19)7-5-12(17(16)27-2)21-18(26)11-4-3-9-20-10-11/h3-10H,1-2H3,(H,21,26). The lowest BCUT2D eigenvalue weighted by Gasteiger charge is -2.10. The van der Waals surface area contributed by atoms with Gasteiger partial charge in [0.1, 0.15) is 5.69 Å². The van der Waals surface area contributed by atoms with E-state index in [9.17, 15) is 9.59 Å². The van der Waals surface area contributed by atoms with Gasteiger partial charge in [-0.15, -0.1) is 0 Å². The highest BCUT2D eigenvalue weighted by Gasteiger charge is 2.18. The molecule has 4 aromatic rings. The van der Waals surface area contributed by atoms with Crippen molar-refractivity contribution in [2.45, 2.75) is 0 Å². The number of carbonyl (C=O) groups excluding carboxylic acids is 1. The second kappa shape index (κ2) is 6.95. The van der Waals surface area contributed by atoms with Crippen LogP contribution in [0.5, 0.6) is 5.75 Å². The van der Waals surface area contributed by atoms with Crippen molar-refractivity contribution < 1.29 is 13.9 Å². The molecule has 9 heteroatoms. The van der Waals surface area contributed by atoms with Crippen molar-refractivity contribution in [2.75, 3.05) is 12.4 Å². The lowest BCUT2D eigenvalue weighted by molar-refractivity contribution is 0.102. The third-order valence-electron chi connectivity index (χ3n) is 4.07. The summed E-state index contributed by atoms with van der Waals surface area (Å²) in [6.07, 6.45) is 3.06. The lowest BCUT2D eigenvalue weighted by atomic mass is 10.2. The SMILES string of the molecule is COc1c(NC(=O)c2cccnc2)ccc2oc(-c3ccc(=O)n(C)n3)nc12. The molecule has 0 radical (unpaired) electrons. The number of oxazole rings is 1. The largest absolute Gasteiger partial charge is 0.492 e. The maximum Gasteiger partial charge on any atom is 0.266 e. The Morgan fingerprint density at radius 1 is 1.21 bits per heavy atom. The van der Waals surface area contributed by atoms with E-state index in [0.29, 0.717) is 33.8 Å². The molecule has 0 fully saturated rings. The third-order valence-corrected chi connectivity index (χ3v) is 4.07. The van der Waals surface area contributed by atoms with E-state index in [2.05, 4.69) is 20.4 Å². The van der Waals surface area contributed by atoms with Gasteiger partial charge in [-0.2, -0.15) is 5.10 Å². The van der Waals surface area contributed by atoms with Gasteiger partial charge >= 0.3 is 0 Å². The van der Waals surface area contributed by atoms with Gasteiger partial charge < -0.3 is 14.5 Å². The van der Waals surface area contributed by atoms with E-state index in [4.69, 9.17) is 9.15 Å². The zero-order chi connectivity index (χ0) is 19.7. The zero-order valence-electron chi connectivity index (χ0n) is 15.0. The summed E-state index contributed by atoms with van der Waals surface area (Å²) in [6, 6.07) is 9.60. The number of rotatable bonds is 4.